The van der Waals surface area contributed by atoms with Crippen molar-refractivity contribution in [1.29, 1.82) is 0 Å². The second kappa shape index (κ2) is 8.31. The van der Waals surface area contributed by atoms with Gasteiger partial charge in [-0.05, 0) is 88.6 Å². The number of aliphatic hydroxyl groups excluding tert-OH is 1. The van der Waals surface area contributed by atoms with Gasteiger partial charge in [-0.25, -0.2) is 9.97 Å². The molecule has 5 nitrogen and oxygen atoms in total. The molecule has 1 saturated heterocycles. The van der Waals surface area contributed by atoms with Gasteiger partial charge in [-0.15, -0.1) is 0 Å². The fourth-order valence-electron chi connectivity index (χ4n) is 4.87. The number of aryl methyl sites for hydroxylation is 4. The standard InChI is InChI=1S/C24H31BrN4O/c1-14-11-20(25)12-15(2)22(14)29-17(4)16(3)21-23(26-18(5)27-24(21)29)28-9-6-7-19(13-30)8-10-28/h11-12,19,30H,6-10,13H2,1-5H3. The topological polar surface area (TPSA) is 54.2 Å². The van der Waals surface area contributed by atoms with Crippen LogP contribution in [0.4, 0.5) is 5.82 Å². The average molecular weight is 471 g/mol. The lowest BCUT2D eigenvalue weighted by Gasteiger charge is -2.23. The molecule has 0 amide bonds. The summed E-state index contributed by atoms with van der Waals surface area (Å²) >= 11 is 3.63. The maximum absolute atomic E-state index is 9.62. The Hall–Kier alpha value is -1.92. The zero-order valence-electron chi connectivity index (χ0n) is 18.6. The minimum atomic E-state index is 0.280. The summed E-state index contributed by atoms with van der Waals surface area (Å²) in [4.78, 5) is 12.2. The Morgan fingerprint density at radius 2 is 1.73 bits per heavy atom. The predicted octanol–water partition coefficient (Wildman–Crippen LogP) is 5.32. The Morgan fingerprint density at radius 3 is 2.40 bits per heavy atom. The first-order valence-electron chi connectivity index (χ1n) is 10.8. The number of benzene rings is 1. The zero-order chi connectivity index (χ0) is 21.6. The SMILES string of the molecule is Cc1nc(N2CCCC(CO)CC2)c2c(C)c(C)n(-c3c(C)cc(Br)cc3C)c2n1. The number of hydrogen-bond donors (Lipinski definition) is 1. The molecule has 1 aliphatic rings. The van der Waals surface area contributed by atoms with Crippen LogP contribution in [-0.4, -0.2) is 39.3 Å². The van der Waals surface area contributed by atoms with Gasteiger partial charge in [0.2, 0.25) is 0 Å². The molecule has 30 heavy (non-hydrogen) atoms. The molecule has 0 saturated carbocycles. The summed E-state index contributed by atoms with van der Waals surface area (Å²) in [5.74, 6) is 2.24. The van der Waals surface area contributed by atoms with Crippen LogP contribution in [0.2, 0.25) is 0 Å². The van der Waals surface area contributed by atoms with Crippen molar-refractivity contribution in [3.8, 4) is 5.69 Å². The van der Waals surface area contributed by atoms with E-state index in [9.17, 15) is 5.11 Å². The third-order valence-corrected chi connectivity index (χ3v) is 6.99. The average Bonchev–Trinajstić information content (AvgIpc) is 2.86. The summed E-state index contributed by atoms with van der Waals surface area (Å²) in [6.45, 7) is 12.9. The van der Waals surface area contributed by atoms with Crippen LogP contribution in [0.15, 0.2) is 16.6 Å². The molecule has 1 atom stereocenters. The van der Waals surface area contributed by atoms with Crippen LogP contribution in [0.3, 0.4) is 0 Å². The quantitative estimate of drug-likeness (QED) is 0.562. The van der Waals surface area contributed by atoms with E-state index in [0.717, 1.165) is 59.5 Å². The van der Waals surface area contributed by atoms with Gasteiger partial charge in [0.05, 0.1) is 11.1 Å². The molecule has 2 aromatic heterocycles. The van der Waals surface area contributed by atoms with Crippen LogP contribution >= 0.6 is 15.9 Å². The van der Waals surface area contributed by atoms with E-state index >= 15 is 0 Å². The lowest BCUT2D eigenvalue weighted by atomic mass is 10.0. The maximum atomic E-state index is 9.62. The highest BCUT2D eigenvalue weighted by molar-refractivity contribution is 9.10. The van der Waals surface area contributed by atoms with Crippen LogP contribution in [0.1, 0.15) is 47.5 Å². The number of fused-ring (bicyclic) bond motifs is 1. The maximum Gasteiger partial charge on any atom is 0.150 e. The Kier molecular flexibility index (Phi) is 5.90. The molecule has 0 spiro atoms. The molecule has 3 aromatic rings. The lowest BCUT2D eigenvalue weighted by molar-refractivity contribution is 0.215. The molecule has 1 aliphatic heterocycles. The number of anilines is 1. The number of aliphatic hydroxyl groups is 1. The van der Waals surface area contributed by atoms with Crippen LogP contribution in [-0.2, 0) is 0 Å². The van der Waals surface area contributed by atoms with Gasteiger partial charge in [-0.1, -0.05) is 15.9 Å². The minimum absolute atomic E-state index is 0.280. The highest BCUT2D eigenvalue weighted by Crippen LogP contribution is 2.37. The van der Waals surface area contributed by atoms with Crippen LogP contribution < -0.4 is 4.90 Å². The number of halogens is 1. The smallest absolute Gasteiger partial charge is 0.150 e. The third kappa shape index (κ3) is 3.65. The van der Waals surface area contributed by atoms with Crippen molar-refractivity contribution in [3.05, 3.63) is 44.8 Å². The molecular weight excluding hydrogens is 440 g/mol. The Labute approximate surface area is 187 Å². The van der Waals surface area contributed by atoms with Crippen molar-refractivity contribution in [2.24, 2.45) is 5.92 Å². The first kappa shape index (κ1) is 21.3. The lowest BCUT2D eigenvalue weighted by Crippen LogP contribution is -2.26. The summed E-state index contributed by atoms with van der Waals surface area (Å²) in [7, 11) is 0. The Balaban J connectivity index is 1.94. The second-order valence-corrected chi connectivity index (χ2v) is 9.61. The second-order valence-electron chi connectivity index (χ2n) is 8.69. The van der Waals surface area contributed by atoms with Gasteiger partial charge in [0, 0.05) is 29.9 Å². The van der Waals surface area contributed by atoms with E-state index in [0.29, 0.717) is 5.92 Å². The highest BCUT2D eigenvalue weighted by Gasteiger charge is 2.25. The number of hydrogen-bond acceptors (Lipinski definition) is 4. The summed E-state index contributed by atoms with van der Waals surface area (Å²) < 4.78 is 3.41. The molecule has 1 unspecified atom stereocenters. The summed E-state index contributed by atoms with van der Waals surface area (Å²) in [6, 6.07) is 4.34. The van der Waals surface area contributed by atoms with Crippen molar-refractivity contribution in [3.63, 3.8) is 0 Å². The molecule has 0 bridgehead atoms. The van der Waals surface area contributed by atoms with E-state index in [-0.39, 0.29) is 6.61 Å². The van der Waals surface area contributed by atoms with E-state index in [2.05, 4.69) is 65.2 Å². The monoisotopic (exact) mass is 470 g/mol. The number of aromatic nitrogens is 3. The van der Waals surface area contributed by atoms with Gasteiger partial charge in [0.25, 0.3) is 0 Å². The van der Waals surface area contributed by atoms with Crippen molar-refractivity contribution < 1.29 is 5.11 Å². The molecule has 6 heteroatoms. The molecular formula is C24H31BrN4O. The largest absolute Gasteiger partial charge is 0.396 e. The molecule has 1 aromatic carbocycles. The van der Waals surface area contributed by atoms with Crippen molar-refractivity contribution in [2.75, 3.05) is 24.6 Å². The molecule has 1 N–H and O–H groups in total. The Morgan fingerprint density at radius 1 is 1.03 bits per heavy atom. The number of nitrogens with zero attached hydrogens (tertiary/aromatic N) is 4. The summed E-state index contributed by atoms with van der Waals surface area (Å²) in [5.41, 5.74) is 7.09. The van der Waals surface area contributed by atoms with E-state index in [4.69, 9.17) is 9.97 Å². The van der Waals surface area contributed by atoms with Crippen molar-refractivity contribution in [2.45, 2.75) is 53.9 Å². The fraction of sp³-hybridized carbons (Fsp3) is 0.500. The summed E-state index contributed by atoms with van der Waals surface area (Å²) in [5, 5.41) is 10.8. The van der Waals surface area contributed by atoms with Gasteiger partial charge in [-0.3, -0.25) is 4.57 Å². The molecule has 3 heterocycles. The highest BCUT2D eigenvalue weighted by atomic mass is 79.9. The van der Waals surface area contributed by atoms with Gasteiger partial charge < -0.3 is 10.0 Å². The first-order chi connectivity index (χ1) is 14.3. The van der Waals surface area contributed by atoms with E-state index in [1.165, 1.54) is 28.1 Å². The first-order valence-corrected chi connectivity index (χ1v) is 11.6. The van der Waals surface area contributed by atoms with E-state index < -0.39 is 0 Å². The van der Waals surface area contributed by atoms with Crippen LogP contribution in [0.5, 0.6) is 0 Å². The van der Waals surface area contributed by atoms with Gasteiger partial charge in [0.1, 0.15) is 11.6 Å². The van der Waals surface area contributed by atoms with Gasteiger partial charge in [-0.2, -0.15) is 0 Å². The van der Waals surface area contributed by atoms with Gasteiger partial charge >= 0.3 is 0 Å². The zero-order valence-corrected chi connectivity index (χ0v) is 20.2. The molecule has 1 fully saturated rings. The minimum Gasteiger partial charge on any atom is -0.396 e. The van der Waals surface area contributed by atoms with E-state index in [1.807, 2.05) is 6.92 Å². The van der Waals surface area contributed by atoms with Crippen molar-refractivity contribution >= 4 is 32.8 Å². The van der Waals surface area contributed by atoms with Crippen molar-refractivity contribution in [1.82, 2.24) is 14.5 Å². The normalized spacial score (nSPS) is 17.6. The van der Waals surface area contributed by atoms with Crippen LogP contribution in [0, 0.1) is 40.5 Å². The predicted molar refractivity (Wildman–Crippen MR) is 127 cm³/mol. The third-order valence-electron chi connectivity index (χ3n) is 6.53. The molecule has 4 rings (SSSR count). The molecule has 0 radical (unpaired) electrons. The Bertz CT molecular complexity index is 1080. The molecule has 160 valence electrons. The molecule has 0 aliphatic carbocycles. The fourth-order valence-corrected chi connectivity index (χ4v) is 5.55. The van der Waals surface area contributed by atoms with Gasteiger partial charge in [0.15, 0.2) is 5.65 Å². The van der Waals surface area contributed by atoms with Crippen LogP contribution in [0.25, 0.3) is 16.7 Å². The van der Waals surface area contributed by atoms with E-state index in [1.54, 1.807) is 0 Å². The number of rotatable bonds is 3. The summed E-state index contributed by atoms with van der Waals surface area (Å²) in [6.07, 6.45) is 3.17.